The highest BCUT2D eigenvalue weighted by atomic mass is 79.9. The molecule has 1 aromatic rings. The minimum atomic E-state index is -0.340. The second kappa shape index (κ2) is 6.04. The molecule has 0 spiro atoms. The number of nitrogens with zero attached hydrogens (tertiary/aromatic N) is 1. The molecule has 0 amide bonds. The Hall–Kier alpha value is -1.05. The number of hydrogen-bond donors (Lipinski definition) is 1. The molecular formula is C13H17BrN2O. The Balaban J connectivity index is 3.14. The van der Waals surface area contributed by atoms with Crippen LogP contribution in [0.4, 0.5) is 0 Å². The normalized spacial score (nSPS) is 14.2. The van der Waals surface area contributed by atoms with E-state index < -0.39 is 0 Å². The van der Waals surface area contributed by atoms with E-state index in [2.05, 4.69) is 22.0 Å². The van der Waals surface area contributed by atoms with Crippen LogP contribution in [0.15, 0.2) is 22.7 Å². The van der Waals surface area contributed by atoms with Gasteiger partial charge in [-0.1, -0.05) is 29.8 Å². The predicted molar refractivity (Wildman–Crippen MR) is 71.6 cm³/mol. The Labute approximate surface area is 111 Å². The van der Waals surface area contributed by atoms with Gasteiger partial charge in [0.2, 0.25) is 0 Å². The number of ether oxygens (including phenoxy) is 1. The maximum Gasteiger partial charge on any atom is 0.123 e. The van der Waals surface area contributed by atoms with Gasteiger partial charge in [0.05, 0.1) is 19.1 Å². The number of methoxy groups -OCH3 is 1. The van der Waals surface area contributed by atoms with Crippen molar-refractivity contribution in [2.45, 2.75) is 19.9 Å². The van der Waals surface area contributed by atoms with Gasteiger partial charge < -0.3 is 10.5 Å². The minimum Gasteiger partial charge on any atom is -0.496 e. The Morgan fingerprint density at radius 2 is 2.06 bits per heavy atom. The molecule has 0 radical (unpaired) electrons. The first kappa shape index (κ1) is 14.0. The van der Waals surface area contributed by atoms with Crippen molar-refractivity contribution >= 4 is 15.9 Å². The fraction of sp³-hybridized carbons (Fsp3) is 0.462. The van der Waals surface area contributed by atoms with Gasteiger partial charge in [0, 0.05) is 16.1 Å². The molecule has 0 heterocycles. The number of halogens is 1. The van der Waals surface area contributed by atoms with Gasteiger partial charge in [-0.3, -0.25) is 0 Å². The van der Waals surface area contributed by atoms with E-state index in [1.165, 1.54) is 0 Å². The first-order chi connectivity index (χ1) is 8.01. The standard InChI is InChI=1S/C13H17BrN2O/c1-8(2)11(7-15)13(16)10-6-9(14)4-5-12(10)17-3/h4-6,8,11,13H,16H2,1-3H3. The zero-order chi connectivity index (χ0) is 13.0. The first-order valence-electron chi connectivity index (χ1n) is 5.50. The summed E-state index contributed by atoms with van der Waals surface area (Å²) in [4.78, 5) is 0. The second-order valence-electron chi connectivity index (χ2n) is 4.31. The summed E-state index contributed by atoms with van der Waals surface area (Å²) < 4.78 is 6.22. The van der Waals surface area contributed by atoms with E-state index >= 15 is 0 Å². The van der Waals surface area contributed by atoms with Crippen LogP contribution in [-0.2, 0) is 0 Å². The summed E-state index contributed by atoms with van der Waals surface area (Å²) >= 11 is 3.41. The van der Waals surface area contributed by atoms with Gasteiger partial charge in [-0.25, -0.2) is 0 Å². The van der Waals surface area contributed by atoms with Crippen LogP contribution in [-0.4, -0.2) is 7.11 Å². The summed E-state index contributed by atoms with van der Waals surface area (Å²) in [5, 5.41) is 9.18. The summed E-state index contributed by atoms with van der Waals surface area (Å²) in [6.45, 7) is 4.00. The third-order valence-corrected chi connectivity index (χ3v) is 3.30. The zero-order valence-electron chi connectivity index (χ0n) is 10.3. The Morgan fingerprint density at radius 3 is 2.53 bits per heavy atom. The van der Waals surface area contributed by atoms with Crippen molar-refractivity contribution in [3.05, 3.63) is 28.2 Å². The summed E-state index contributed by atoms with van der Waals surface area (Å²) in [6, 6.07) is 7.60. The van der Waals surface area contributed by atoms with Gasteiger partial charge in [0.1, 0.15) is 5.75 Å². The molecule has 0 saturated heterocycles. The van der Waals surface area contributed by atoms with Gasteiger partial charge in [-0.15, -0.1) is 0 Å². The van der Waals surface area contributed by atoms with E-state index in [0.717, 1.165) is 15.8 Å². The van der Waals surface area contributed by atoms with Gasteiger partial charge in [0.25, 0.3) is 0 Å². The summed E-state index contributed by atoms with van der Waals surface area (Å²) in [7, 11) is 1.61. The highest BCUT2D eigenvalue weighted by Gasteiger charge is 2.25. The lowest BCUT2D eigenvalue weighted by atomic mass is 9.86. The minimum absolute atomic E-state index is 0.207. The molecule has 0 aromatic heterocycles. The molecule has 1 aromatic carbocycles. The summed E-state index contributed by atoms with van der Waals surface area (Å²) in [5.41, 5.74) is 7.04. The maximum absolute atomic E-state index is 9.18. The molecule has 17 heavy (non-hydrogen) atoms. The summed E-state index contributed by atoms with van der Waals surface area (Å²) in [5.74, 6) is 0.707. The predicted octanol–water partition coefficient (Wildman–Crippen LogP) is 3.25. The molecule has 3 nitrogen and oxygen atoms in total. The number of nitriles is 1. The molecule has 4 heteroatoms. The molecule has 2 atom stereocenters. The molecule has 0 fully saturated rings. The lowest BCUT2D eigenvalue weighted by molar-refractivity contribution is 0.372. The van der Waals surface area contributed by atoms with Crippen LogP contribution in [0, 0.1) is 23.2 Å². The third kappa shape index (κ3) is 3.21. The summed E-state index contributed by atoms with van der Waals surface area (Å²) in [6.07, 6.45) is 0. The van der Waals surface area contributed by atoms with E-state index in [1.54, 1.807) is 7.11 Å². The third-order valence-electron chi connectivity index (χ3n) is 2.81. The molecule has 0 saturated carbocycles. The average Bonchev–Trinajstić information content (AvgIpc) is 2.29. The van der Waals surface area contributed by atoms with Crippen molar-refractivity contribution in [3.63, 3.8) is 0 Å². The lowest BCUT2D eigenvalue weighted by Crippen LogP contribution is -2.24. The van der Waals surface area contributed by atoms with E-state index in [0.29, 0.717) is 0 Å². The zero-order valence-corrected chi connectivity index (χ0v) is 11.9. The van der Waals surface area contributed by atoms with Crippen LogP contribution in [0.3, 0.4) is 0 Å². The van der Waals surface area contributed by atoms with Crippen molar-refractivity contribution in [1.29, 1.82) is 5.26 Å². The smallest absolute Gasteiger partial charge is 0.123 e. The number of rotatable bonds is 4. The molecule has 2 N–H and O–H groups in total. The van der Waals surface area contributed by atoms with Crippen molar-refractivity contribution in [1.82, 2.24) is 0 Å². The molecule has 1 rings (SSSR count). The van der Waals surface area contributed by atoms with Crippen LogP contribution < -0.4 is 10.5 Å². The molecule has 0 aliphatic heterocycles. The van der Waals surface area contributed by atoms with Crippen LogP contribution >= 0.6 is 15.9 Å². The van der Waals surface area contributed by atoms with Crippen molar-refractivity contribution < 1.29 is 4.74 Å². The van der Waals surface area contributed by atoms with E-state index in [1.807, 2.05) is 32.0 Å². The van der Waals surface area contributed by atoms with Crippen LogP contribution in [0.25, 0.3) is 0 Å². The number of benzene rings is 1. The SMILES string of the molecule is COc1ccc(Br)cc1C(N)C(C#N)C(C)C. The highest BCUT2D eigenvalue weighted by molar-refractivity contribution is 9.10. The molecule has 0 bridgehead atoms. The fourth-order valence-electron chi connectivity index (χ4n) is 1.80. The highest BCUT2D eigenvalue weighted by Crippen LogP contribution is 2.33. The lowest BCUT2D eigenvalue weighted by Gasteiger charge is -2.23. The first-order valence-corrected chi connectivity index (χ1v) is 6.29. The van der Waals surface area contributed by atoms with Crippen LogP contribution in [0.1, 0.15) is 25.5 Å². The number of nitrogens with two attached hydrogens (primary N) is 1. The Morgan fingerprint density at radius 1 is 1.41 bits per heavy atom. The second-order valence-corrected chi connectivity index (χ2v) is 5.23. The van der Waals surface area contributed by atoms with Gasteiger partial charge in [-0.2, -0.15) is 5.26 Å². The molecule has 92 valence electrons. The monoisotopic (exact) mass is 296 g/mol. The van der Waals surface area contributed by atoms with Crippen molar-refractivity contribution in [2.24, 2.45) is 17.6 Å². The van der Waals surface area contributed by atoms with Crippen molar-refractivity contribution in [2.75, 3.05) is 7.11 Å². The number of hydrogen-bond acceptors (Lipinski definition) is 3. The van der Waals surface area contributed by atoms with Crippen molar-refractivity contribution in [3.8, 4) is 11.8 Å². The largest absolute Gasteiger partial charge is 0.496 e. The maximum atomic E-state index is 9.18. The fourth-order valence-corrected chi connectivity index (χ4v) is 2.18. The van der Waals surface area contributed by atoms with E-state index in [-0.39, 0.29) is 17.9 Å². The Kier molecular flexibility index (Phi) is 4.98. The molecule has 0 aliphatic carbocycles. The quantitative estimate of drug-likeness (QED) is 0.928. The topological polar surface area (TPSA) is 59.0 Å². The van der Waals surface area contributed by atoms with Gasteiger partial charge >= 0.3 is 0 Å². The van der Waals surface area contributed by atoms with E-state index in [4.69, 9.17) is 10.5 Å². The van der Waals surface area contributed by atoms with Gasteiger partial charge in [0.15, 0.2) is 0 Å². The van der Waals surface area contributed by atoms with E-state index in [9.17, 15) is 5.26 Å². The van der Waals surface area contributed by atoms with Crippen LogP contribution in [0.2, 0.25) is 0 Å². The molecular weight excluding hydrogens is 280 g/mol. The Bertz CT molecular complexity index is 426. The average molecular weight is 297 g/mol. The van der Waals surface area contributed by atoms with Gasteiger partial charge in [-0.05, 0) is 24.1 Å². The molecule has 0 aliphatic rings. The molecule has 2 unspecified atom stereocenters. The van der Waals surface area contributed by atoms with Crippen LogP contribution in [0.5, 0.6) is 5.75 Å².